The van der Waals surface area contributed by atoms with Crippen LogP contribution in [0.3, 0.4) is 0 Å². The van der Waals surface area contributed by atoms with Crippen molar-refractivity contribution in [3.63, 3.8) is 0 Å². The van der Waals surface area contributed by atoms with Crippen molar-refractivity contribution in [2.45, 2.75) is 32.7 Å². The third-order valence-corrected chi connectivity index (χ3v) is 2.35. The second-order valence-corrected chi connectivity index (χ2v) is 3.79. The summed E-state index contributed by atoms with van der Waals surface area (Å²) in [5, 5.41) is 2.79. The Morgan fingerprint density at radius 3 is 2.69 bits per heavy atom. The Kier molecular flexibility index (Phi) is 5.40. The van der Waals surface area contributed by atoms with Gasteiger partial charge in [0.15, 0.2) is 0 Å². The number of alkyl carbamates (subject to hydrolysis) is 1. The molecule has 1 aromatic carbocycles. The van der Waals surface area contributed by atoms with E-state index >= 15 is 0 Å². The fraction of sp³-hybridized carbons (Fsp3) is 0.462. The van der Waals surface area contributed by atoms with Crippen molar-refractivity contribution < 1.29 is 9.53 Å². The third-order valence-electron chi connectivity index (χ3n) is 2.35. The lowest BCUT2D eigenvalue weighted by atomic mass is 10.1. The van der Waals surface area contributed by atoms with Gasteiger partial charge in [-0.05, 0) is 32.3 Å². The molecule has 1 rings (SSSR count). The Balaban J connectivity index is 2.25. The molecule has 0 unspecified atom stereocenters. The van der Waals surface area contributed by atoms with E-state index in [1.165, 1.54) is 5.56 Å². The Labute approximate surface area is 96.8 Å². The summed E-state index contributed by atoms with van der Waals surface area (Å²) in [5.74, 6) is 0. The molecule has 1 amide bonds. The van der Waals surface area contributed by atoms with Crippen molar-refractivity contribution in [2.75, 3.05) is 6.61 Å². The van der Waals surface area contributed by atoms with Crippen LogP contribution in [0.1, 0.15) is 25.8 Å². The molecule has 16 heavy (non-hydrogen) atoms. The minimum absolute atomic E-state index is 0.138. The van der Waals surface area contributed by atoms with Crippen LogP contribution < -0.4 is 5.32 Å². The van der Waals surface area contributed by atoms with E-state index < -0.39 is 0 Å². The van der Waals surface area contributed by atoms with E-state index in [0.717, 1.165) is 12.8 Å². The Hall–Kier alpha value is -1.51. The smallest absolute Gasteiger partial charge is 0.407 e. The molecule has 88 valence electrons. The molecule has 1 atom stereocenters. The highest BCUT2D eigenvalue weighted by molar-refractivity contribution is 5.67. The lowest BCUT2D eigenvalue weighted by molar-refractivity contribution is 0.148. The molecule has 0 aliphatic carbocycles. The molecule has 0 spiro atoms. The van der Waals surface area contributed by atoms with Crippen LogP contribution in [0.2, 0.25) is 0 Å². The Morgan fingerprint density at radius 1 is 1.38 bits per heavy atom. The van der Waals surface area contributed by atoms with E-state index in [9.17, 15) is 4.79 Å². The molecule has 1 aromatic rings. The molecule has 0 aromatic heterocycles. The number of hydrogen-bond donors (Lipinski definition) is 1. The molecule has 0 saturated heterocycles. The van der Waals surface area contributed by atoms with Gasteiger partial charge in [0.05, 0.1) is 6.61 Å². The summed E-state index contributed by atoms with van der Waals surface area (Å²) in [7, 11) is 0. The molecule has 0 bridgehead atoms. The largest absolute Gasteiger partial charge is 0.450 e. The maximum absolute atomic E-state index is 11.1. The zero-order valence-corrected chi connectivity index (χ0v) is 9.90. The Morgan fingerprint density at radius 2 is 2.06 bits per heavy atom. The first kappa shape index (κ1) is 12.6. The van der Waals surface area contributed by atoms with Crippen molar-refractivity contribution in [1.82, 2.24) is 5.32 Å². The van der Waals surface area contributed by atoms with E-state index in [4.69, 9.17) is 4.74 Å². The van der Waals surface area contributed by atoms with Crippen LogP contribution >= 0.6 is 0 Å². The maximum Gasteiger partial charge on any atom is 0.407 e. The number of aryl methyl sites for hydroxylation is 1. The van der Waals surface area contributed by atoms with Gasteiger partial charge in [-0.15, -0.1) is 0 Å². The fourth-order valence-corrected chi connectivity index (χ4v) is 1.47. The quantitative estimate of drug-likeness (QED) is 0.830. The molecule has 0 aliphatic heterocycles. The molecule has 3 heteroatoms. The van der Waals surface area contributed by atoms with Crippen molar-refractivity contribution in [1.29, 1.82) is 0 Å². The Bertz CT molecular complexity index is 311. The van der Waals surface area contributed by atoms with Crippen molar-refractivity contribution in [3.05, 3.63) is 35.9 Å². The topological polar surface area (TPSA) is 38.3 Å². The minimum atomic E-state index is -0.330. The van der Waals surface area contributed by atoms with E-state index in [-0.39, 0.29) is 12.1 Å². The number of carbonyl (C=O) groups is 1. The summed E-state index contributed by atoms with van der Waals surface area (Å²) < 4.78 is 4.81. The zero-order valence-electron chi connectivity index (χ0n) is 9.90. The van der Waals surface area contributed by atoms with Crippen LogP contribution in [0.5, 0.6) is 0 Å². The highest BCUT2D eigenvalue weighted by Gasteiger charge is 2.07. The number of benzene rings is 1. The standard InChI is InChI=1S/C13H19NO2/c1-3-16-13(15)14-11(2)9-10-12-7-5-4-6-8-12/h4-8,11H,3,9-10H2,1-2H3,(H,14,15)/t11-/m1/s1. The van der Waals surface area contributed by atoms with Gasteiger partial charge < -0.3 is 10.1 Å². The van der Waals surface area contributed by atoms with Gasteiger partial charge in [-0.1, -0.05) is 30.3 Å². The molecular weight excluding hydrogens is 202 g/mol. The van der Waals surface area contributed by atoms with E-state index in [1.807, 2.05) is 25.1 Å². The molecule has 0 saturated carbocycles. The van der Waals surface area contributed by atoms with Crippen LogP contribution in [0, 0.1) is 0 Å². The van der Waals surface area contributed by atoms with Gasteiger partial charge in [-0.25, -0.2) is 4.79 Å². The summed E-state index contributed by atoms with van der Waals surface area (Å²) in [6.45, 7) is 4.20. The summed E-state index contributed by atoms with van der Waals surface area (Å²) in [5.41, 5.74) is 1.29. The molecule has 0 aliphatic rings. The van der Waals surface area contributed by atoms with Gasteiger partial charge in [-0.2, -0.15) is 0 Å². The van der Waals surface area contributed by atoms with Crippen LogP contribution in [-0.4, -0.2) is 18.7 Å². The van der Waals surface area contributed by atoms with Gasteiger partial charge in [0, 0.05) is 6.04 Å². The lowest BCUT2D eigenvalue weighted by Crippen LogP contribution is -2.33. The number of rotatable bonds is 5. The monoisotopic (exact) mass is 221 g/mol. The molecular formula is C13H19NO2. The lowest BCUT2D eigenvalue weighted by Gasteiger charge is -2.13. The molecule has 0 fully saturated rings. The van der Waals surface area contributed by atoms with Gasteiger partial charge in [0.2, 0.25) is 0 Å². The predicted molar refractivity (Wildman–Crippen MR) is 64.4 cm³/mol. The first-order chi connectivity index (χ1) is 7.72. The molecule has 0 radical (unpaired) electrons. The predicted octanol–water partition coefficient (Wildman–Crippen LogP) is 2.75. The first-order valence-electron chi connectivity index (χ1n) is 5.69. The average molecular weight is 221 g/mol. The third kappa shape index (κ3) is 4.82. The maximum atomic E-state index is 11.1. The average Bonchev–Trinajstić information content (AvgIpc) is 2.28. The van der Waals surface area contributed by atoms with Gasteiger partial charge in [0.1, 0.15) is 0 Å². The number of carbonyl (C=O) groups excluding carboxylic acids is 1. The summed E-state index contributed by atoms with van der Waals surface area (Å²) in [4.78, 5) is 11.1. The number of hydrogen-bond acceptors (Lipinski definition) is 2. The van der Waals surface area contributed by atoms with Crippen molar-refractivity contribution in [2.24, 2.45) is 0 Å². The van der Waals surface area contributed by atoms with Crippen LogP contribution in [0.15, 0.2) is 30.3 Å². The van der Waals surface area contributed by atoms with E-state index in [0.29, 0.717) is 6.61 Å². The van der Waals surface area contributed by atoms with E-state index in [2.05, 4.69) is 17.4 Å². The van der Waals surface area contributed by atoms with Crippen molar-refractivity contribution in [3.8, 4) is 0 Å². The molecule has 1 N–H and O–H groups in total. The number of nitrogens with one attached hydrogen (secondary N) is 1. The molecule has 3 nitrogen and oxygen atoms in total. The summed E-state index contributed by atoms with van der Waals surface area (Å²) >= 11 is 0. The van der Waals surface area contributed by atoms with E-state index in [1.54, 1.807) is 6.92 Å². The number of amides is 1. The second-order valence-electron chi connectivity index (χ2n) is 3.79. The fourth-order valence-electron chi connectivity index (χ4n) is 1.47. The van der Waals surface area contributed by atoms with Gasteiger partial charge in [-0.3, -0.25) is 0 Å². The minimum Gasteiger partial charge on any atom is -0.450 e. The summed E-state index contributed by atoms with van der Waals surface area (Å²) in [6, 6.07) is 10.4. The van der Waals surface area contributed by atoms with Crippen LogP contribution in [0.25, 0.3) is 0 Å². The highest BCUT2D eigenvalue weighted by atomic mass is 16.5. The van der Waals surface area contributed by atoms with Gasteiger partial charge >= 0.3 is 6.09 Å². The van der Waals surface area contributed by atoms with Crippen LogP contribution in [0.4, 0.5) is 4.79 Å². The summed E-state index contributed by atoms with van der Waals surface area (Å²) in [6.07, 6.45) is 1.56. The van der Waals surface area contributed by atoms with Crippen molar-refractivity contribution >= 4 is 6.09 Å². The zero-order chi connectivity index (χ0) is 11.8. The normalized spacial score (nSPS) is 11.9. The first-order valence-corrected chi connectivity index (χ1v) is 5.69. The second kappa shape index (κ2) is 6.88. The SMILES string of the molecule is CCOC(=O)N[C@H](C)CCc1ccccc1. The number of ether oxygens (including phenoxy) is 1. The van der Waals surface area contributed by atoms with Gasteiger partial charge in [0.25, 0.3) is 0 Å². The highest BCUT2D eigenvalue weighted by Crippen LogP contribution is 2.04. The molecule has 0 heterocycles. The van der Waals surface area contributed by atoms with Crippen LogP contribution in [-0.2, 0) is 11.2 Å².